The SMILES string of the molecule is CCOC(=O)C(C(=O)OCC)[N+](C)(C)[C@H]1[C@@H](N(C)C)[C@@H]2CC[C@]1(C)C2(C)C. The minimum absolute atomic E-state index is 0.0212. The average molecular weight is 384 g/mol. The summed E-state index contributed by atoms with van der Waals surface area (Å²) in [5, 5.41) is 0. The fourth-order valence-corrected chi connectivity index (χ4v) is 6.30. The van der Waals surface area contributed by atoms with Crippen LogP contribution in [0, 0.1) is 16.7 Å². The van der Waals surface area contributed by atoms with Gasteiger partial charge in [0.1, 0.15) is 6.04 Å². The Hall–Kier alpha value is -1.14. The Morgan fingerprint density at radius 3 is 1.96 bits per heavy atom. The number of esters is 2. The summed E-state index contributed by atoms with van der Waals surface area (Å²) in [6.07, 6.45) is 2.30. The first kappa shape index (κ1) is 22.2. The highest BCUT2D eigenvalue weighted by Crippen LogP contribution is 2.68. The molecule has 27 heavy (non-hydrogen) atoms. The van der Waals surface area contributed by atoms with Gasteiger partial charge in [-0.15, -0.1) is 0 Å². The van der Waals surface area contributed by atoms with Crippen molar-refractivity contribution >= 4 is 11.9 Å². The maximum absolute atomic E-state index is 12.9. The Bertz CT molecular complexity index is 569. The number of carbonyl (C=O) groups is 2. The van der Waals surface area contributed by atoms with E-state index in [1.54, 1.807) is 13.8 Å². The fraction of sp³-hybridized carbons (Fsp3) is 0.905. The van der Waals surface area contributed by atoms with Crippen molar-refractivity contribution in [2.24, 2.45) is 16.7 Å². The van der Waals surface area contributed by atoms with Crippen LogP contribution in [0.1, 0.15) is 47.5 Å². The largest absolute Gasteiger partial charge is 0.461 e. The van der Waals surface area contributed by atoms with Crippen molar-refractivity contribution in [3.05, 3.63) is 0 Å². The maximum atomic E-state index is 12.9. The monoisotopic (exact) mass is 383 g/mol. The Balaban J connectivity index is 2.55. The molecule has 2 rings (SSSR count). The number of likely N-dealkylation sites (N-methyl/N-ethyl adjacent to an activating group) is 2. The molecule has 4 atom stereocenters. The molecule has 0 aromatic carbocycles. The molecule has 0 radical (unpaired) electrons. The third-order valence-corrected chi connectivity index (χ3v) is 7.76. The van der Waals surface area contributed by atoms with Crippen molar-refractivity contribution < 1.29 is 23.5 Å². The molecule has 0 saturated heterocycles. The van der Waals surface area contributed by atoms with Crippen LogP contribution < -0.4 is 0 Å². The summed E-state index contributed by atoms with van der Waals surface area (Å²) in [6.45, 7) is 11.1. The highest BCUT2D eigenvalue weighted by atomic mass is 16.6. The number of rotatable bonds is 7. The zero-order chi connectivity index (χ0) is 20.8. The second-order valence-electron chi connectivity index (χ2n) is 9.72. The number of hydrogen-bond acceptors (Lipinski definition) is 5. The van der Waals surface area contributed by atoms with E-state index >= 15 is 0 Å². The molecule has 0 aromatic heterocycles. The van der Waals surface area contributed by atoms with Gasteiger partial charge in [-0.3, -0.25) is 0 Å². The molecule has 2 fully saturated rings. The molecule has 0 amide bonds. The van der Waals surface area contributed by atoms with Crippen LogP contribution in [-0.4, -0.2) is 80.9 Å². The minimum Gasteiger partial charge on any atom is -0.461 e. The summed E-state index contributed by atoms with van der Waals surface area (Å²) in [4.78, 5) is 28.0. The van der Waals surface area contributed by atoms with Gasteiger partial charge in [0.15, 0.2) is 0 Å². The van der Waals surface area contributed by atoms with Crippen LogP contribution >= 0.6 is 0 Å². The van der Waals surface area contributed by atoms with Gasteiger partial charge in [0.05, 0.1) is 33.4 Å². The molecular formula is C21H39N2O4+. The number of carbonyl (C=O) groups excluding carboxylic acids is 2. The van der Waals surface area contributed by atoms with Crippen LogP contribution in [0.25, 0.3) is 0 Å². The molecule has 156 valence electrons. The highest BCUT2D eigenvalue weighted by molar-refractivity contribution is 5.97. The van der Waals surface area contributed by atoms with E-state index in [2.05, 4.69) is 39.8 Å². The van der Waals surface area contributed by atoms with Crippen LogP contribution in [0.2, 0.25) is 0 Å². The summed E-state index contributed by atoms with van der Waals surface area (Å²) >= 11 is 0. The van der Waals surface area contributed by atoms with Gasteiger partial charge in [0.25, 0.3) is 6.04 Å². The van der Waals surface area contributed by atoms with Gasteiger partial charge >= 0.3 is 11.9 Å². The molecule has 0 heterocycles. The van der Waals surface area contributed by atoms with E-state index in [1.165, 1.54) is 6.42 Å². The van der Waals surface area contributed by atoms with Gasteiger partial charge in [0, 0.05) is 5.41 Å². The molecule has 0 aliphatic heterocycles. The second kappa shape index (κ2) is 7.36. The lowest BCUT2D eigenvalue weighted by atomic mass is 9.68. The molecule has 2 aliphatic carbocycles. The number of nitrogens with zero attached hydrogens (tertiary/aromatic N) is 2. The van der Waals surface area contributed by atoms with Crippen molar-refractivity contribution in [1.29, 1.82) is 0 Å². The molecule has 2 bridgehead atoms. The highest BCUT2D eigenvalue weighted by Gasteiger charge is 2.73. The first-order valence-corrected chi connectivity index (χ1v) is 10.2. The Morgan fingerprint density at radius 2 is 1.56 bits per heavy atom. The van der Waals surface area contributed by atoms with Crippen molar-refractivity contribution in [2.45, 2.75) is 65.6 Å². The Morgan fingerprint density at radius 1 is 1.07 bits per heavy atom. The number of fused-ring (bicyclic) bond motifs is 2. The van der Waals surface area contributed by atoms with Gasteiger partial charge in [-0.2, -0.15) is 0 Å². The summed E-state index contributed by atoms with van der Waals surface area (Å²) < 4.78 is 10.9. The quantitative estimate of drug-likeness (QED) is 0.384. The van der Waals surface area contributed by atoms with Crippen LogP contribution in [0.15, 0.2) is 0 Å². The van der Waals surface area contributed by atoms with Crippen molar-refractivity contribution in [3.8, 4) is 0 Å². The topological polar surface area (TPSA) is 55.8 Å². The van der Waals surface area contributed by atoms with Gasteiger partial charge in [0.2, 0.25) is 0 Å². The fourth-order valence-electron chi connectivity index (χ4n) is 6.30. The molecule has 0 N–H and O–H groups in total. The molecule has 0 unspecified atom stereocenters. The molecule has 6 nitrogen and oxygen atoms in total. The van der Waals surface area contributed by atoms with Crippen LogP contribution in [0.3, 0.4) is 0 Å². The summed E-state index contributed by atoms with van der Waals surface area (Å²) in [6, 6.07) is -0.551. The van der Waals surface area contributed by atoms with Crippen molar-refractivity contribution in [3.63, 3.8) is 0 Å². The number of hydrogen-bond donors (Lipinski definition) is 0. The predicted molar refractivity (Wildman–Crippen MR) is 105 cm³/mol. The predicted octanol–water partition coefficient (Wildman–Crippen LogP) is 2.31. The lowest BCUT2D eigenvalue weighted by Crippen LogP contribution is -2.70. The zero-order valence-electron chi connectivity index (χ0n) is 18.7. The molecule has 0 spiro atoms. The number of ether oxygens (including phenoxy) is 2. The first-order chi connectivity index (χ1) is 12.4. The lowest BCUT2D eigenvalue weighted by Gasteiger charge is -2.52. The lowest BCUT2D eigenvalue weighted by molar-refractivity contribution is -0.932. The van der Waals surface area contributed by atoms with Crippen LogP contribution in [0.4, 0.5) is 0 Å². The molecule has 2 aliphatic rings. The maximum Gasteiger partial charge on any atom is 0.377 e. The van der Waals surface area contributed by atoms with Gasteiger partial charge in [-0.1, -0.05) is 20.8 Å². The molecule has 0 aromatic rings. The van der Waals surface area contributed by atoms with Crippen LogP contribution in [0.5, 0.6) is 0 Å². The Labute approximate surface area is 164 Å². The standard InChI is InChI=1S/C21H39N2O4/c1-10-26-18(24)16(19(25)27-11-2)23(8,9)17-15(22(6)7)14-12-13-21(17,5)20(14,3)4/h14-17H,10-13H2,1-9H3/q+1/t14-,15-,17-,21-/m0/s1. The smallest absolute Gasteiger partial charge is 0.377 e. The van der Waals surface area contributed by atoms with Crippen molar-refractivity contribution in [1.82, 2.24) is 4.90 Å². The van der Waals surface area contributed by atoms with Crippen LogP contribution in [-0.2, 0) is 19.1 Å². The van der Waals surface area contributed by atoms with Gasteiger partial charge < -0.3 is 18.9 Å². The van der Waals surface area contributed by atoms with E-state index in [1.807, 2.05) is 14.1 Å². The van der Waals surface area contributed by atoms with E-state index < -0.39 is 18.0 Å². The summed E-state index contributed by atoms with van der Waals surface area (Å²) in [5.41, 5.74) is 0.156. The van der Waals surface area contributed by atoms with E-state index in [9.17, 15) is 9.59 Å². The third kappa shape index (κ3) is 3.19. The van der Waals surface area contributed by atoms with Crippen molar-refractivity contribution in [2.75, 3.05) is 41.4 Å². The molecule has 2 saturated carbocycles. The Kier molecular flexibility index (Phi) is 6.04. The number of quaternary nitrogens is 1. The van der Waals surface area contributed by atoms with E-state index in [0.29, 0.717) is 12.0 Å². The zero-order valence-corrected chi connectivity index (χ0v) is 18.7. The molecular weight excluding hydrogens is 344 g/mol. The summed E-state index contributed by atoms with van der Waals surface area (Å²) in [5.74, 6) is -0.435. The normalized spacial score (nSPS) is 32.2. The average Bonchev–Trinajstić information content (AvgIpc) is 2.86. The molecule has 6 heteroatoms. The van der Waals surface area contributed by atoms with E-state index in [4.69, 9.17) is 9.47 Å². The van der Waals surface area contributed by atoms with E-state index in [-0.39, 0.29) is 34.6 Å². The first-order valence-electron chi connectivity index (χ1n) is 10.2. The minimum atomic E-state index is -0.968. The van der Waals surface area contributed by atoms with E-state index in [0.717, 1.165) is 6.42 Å². The third-order valence-electron chi connectivity index (χ3n) is 7.76. The second-order valence-corrected chi connectivity index (χ2v) is 9.72. The summed E-state index contributed by atoms with van der Waals surface area (Å²) in [7, 11) is 8.23. The van der Waals surface area contributed by atoms with Gasteiger partial charge in [-0.25, -0.2) is 9.59 Å². The van der Waals surface area contributed by atoms with Gasteiger partial charge in [-0.05, 0) is 52.1 Å².